The van der Waals surface area contributed by atoms with Crippen molar-refractivity contribution in [2.45, 2.75) is 97.4 Å². The number of hydrogen-bond acceptors (Lipinski definition) is 5. The fourth-order valence-corrected chi connectivity index (χ4v) is 2.68. The van der Waals surface area contributed by atoms with E-state index in [1.165, 1.54) is 0 Å². The van der Waals surface area contributed by atoms with E-state index in [1.807, 2.05) is 34.6 Å². The Balaban J connectivity index is 2.60. The van der Waals surface area contributed by atoms with Gasteiger partial charge in [-0.15, -0.1) is 0 Å². The number of hydrogen-bond donors (Lipinski definition) is 0. The largest absolute Gasteiger partial charge is 0.376 e. The Kier molecular flexibility index (Phi) is 9.29. The van der Waals surface area contributed by atoms with Crippen LogP contribution in [0.15, 0.2) is 0 Å². The van der Waals surface area contributed by atoms with Crippen LogP contribution in [0, 0.1) is 0 Å². The minimum absolute atomic E-state index is 0.0670. The van der Waals surface area contributed by atoms with Gasteiger partial charge in [0.25, 0.3) is 0 Å². The van der Waals surface area contributed by atoms with E-state index >= 15 is 0 Å². The molecule has 23 heavy (non-hydrogen) atoms. The molecule has 0 aromatic heterocycles. The van der Waals surface area contributed by atoms with Gasteiger partial charge in [0.2, 0.25) is 0 Å². The van der Waals surface area contributed by atoms with Gasteiger partial charge in [-0.1, -0.05) is 13.3 Å². The van der Waals surface area contributed by atoms with E-state index in [1.54, 1.807) is 0 Å². The van der Waals surface area contributed by atoms with Crippen molar-refractivity contribution in [2.75, 3.05) is 13.2 Å². The minimum atomic E-state index is -0.233. The van der Waals surface area contributed by atoms with E-state index in [-0.39, 0.29) is 49.0 Å². The van der Waals surface area contributed by atoms with Gasteiger partial charge in [-0.25, -0.2) is 0 Å². The molecule has 136 valence electrons. The molecule has 1 aliphatic rings. The molecule has 1 heterocycles. The fourth-order valence-electron chi connectivity index (χ4n) is 2.68. The third kappa shape index (κ3) is 7.29. The molecule has 0 aromatic carbocycles. The van der Waals surface area contributed by atoms with Crippen LogP contribution in [0.25, 0.3) is 0 Å². The maximum absolute atomic E-state index is 11.9. The molecule has 5 heteroatoms. The molecule has 5 nitrogen and oxygen atoms in total. The van der Waals surface area contributed by atoms with Crippen molar-refractivity contribution in [2.24, 2.45) is 0 Å². The average Bonchev–Trinajstić information content (AvgIpc) is 2.75. The van der Waals surface area contributed by atoms with Crippen molar-refractivity contribution in [1.29, 1.82) is 0 Å². The smallest absolute Gasteiger partial charge is 0.158 e. The van der Waals surface area contributed by atoms with Crippen molar-refractivity contribution < 1.29 is 23.7 Å². The summed E-state index contributed by atoms with van der Waals surface area (Å²) in [5.74, 6) is 0.143. The van der Waals surface area contributed by atoms with Crippen LogP contribution in [-0.4, -0.2) is 55.6 Å². The molecule has 0 aliphatic carbocycles. The first-order chi connectivity index (χ1) is 10.8. The SMILES string of the molecule is CCCCC(=O)CO[C@H]1[C@H](C)OC(COC(C)C)[C@H]1OC(C)C. The van der Waals surface area contributed by atoms with Gasteiger partial charge in [0.15, 0.2) is 5.78 Å². The molecular weight excluding hydrogens is 296 g/mol. The van der Waals surface area contributed by atoms with Crippen LogP contribution in [0.3, 0.4) is 0 Å². The molecule has 1 unspecified atom stereocenters. The van der Waals surface area contributed by atoms with Crippen LogP contribution >= 0.6 is 0 Å². The molecule has 0 amide bonds. The molecular formula is C18H34O5. The Morgan fingerprint density at radius 2 is 1.83 bits per heavy atom. The normalized spacial score (nSPS) is 28.0. The zero-order valence-corrected chi connectivity index (χ0v) is 15.5. The third-order valence-corrected chi connectivity index (χ3v) is 3.81. The molecule has 4 atom stereocenters. The Morgan fingerprint density at radius 1 is 1.13 bits per heavy atom. The summed E-state index contributed by atoms with van der Waals surface area (Å²) in [6.07, 6.45) is 2.00. The first-order valence-corrected chi connectivity index (χ1v) is 8.90. The summed E-state index contributed by atoms with van der Waals surface area (Å²) in [6.45, 7) is 12.6. The third-order valence-electron chi connectivity index (χ3n) is 3.81. The Bertz CT molecular complexity index is 342. The highest BCUT2D eigenvalue weighted by Gasteiger charge is 2.44. The summed E-state index contributed by atoms with van der Waals surface area (Å²) in [4.78, 5) is 11.9. The molecule has 1 aliphatic heterocycles. The van der Waals surface area contributed by atoms with Crippen molar-refractivity contribution >= 4 is 5.78 Å². The first kappa shape index (κ1) is 20.6. The molecule has 0 N–H and O–H groups in total. The van der Waals surface area contributed by atoms with Crippen molar-refractivity contribution in [3.63, 3.8) is 0 Å². The fraction of sp³-hybridized carbons (Fsp3) is 0.944. The lowest BCUT2D eigenvalue weighted by Gasteiger charge is -2.26. The van der Waals surface area contributed by atoms with Crippen LogP contribution in [0.1, 0.15) is 60.8 Å². The Morgan fingerprint density at radius 3 is 2.39 bits per heavy atom. The second-order valence-electron chi connectivity index (χ2n) is 6.83. The topological polar surface area (TPSA) is 54.0 Å². The van der Waals surface area contributed by atoms with Crippen LogP contribution in [0.2, 0.25) is 0 Å². The van der Waals surface area contributed by atoms with Crippen LogP contribution < -0.4 is 0 Å². The van der Waals surface area contributed by atoms with Crippen LogP contribution in [0.5, 0.6) is 0 Å². The summed E-state index contributed by atoms with van der Waals surface area (Å²) < 4.78 is 23.5. The van der Waals surface area contributed by atoms with Gasteiger partial charge in [0.05, 0.1) is 24.9 Å². The predicted molar refractivity (Wildman–Crippen MR) is 89.7 cm³/mol. The van der Waals surface area contributed by atoms with E-state index in [2.05, 4.69) is 6.92 Å². The van der Waals surface area contributed by atoms with Gasteiger partial charge in [-0.3, -0.25) is 4.79 Å². The zero-order valence-electron chi connectivity index (χ0n) is 15.5. The number of ketones is 1. The van der Waals surface area contributed by atoms with E-state index < -0.39 is 0 Å². The lowest BCUT2D eigenvalue weighted by Crippen LogP contribution is -2.41. The lowest BCUT2D eigenvalue weighted by molar-refractivity contribution is -0.132. The summed E-state index contributed by atoms with van der Waals surface area (Å²) in [5.41, 5.74) is 0. The lowest BCUT2D eigenvalue weighted by atomic mass is 10.1. The molecule has 1 saturated heterocycles. The Hall–Kier alpha value is -0.490. The van der Waals surface area contributed by atoms with Crippen LogP contribution in [-0.2, 0) is 23.7 Å². The van der Waals surface area contributed by atoms with Gasteiger partial charge in [-0.05, 0) is 41.0 Å². The summed E-state index contributed by atoms with van der Waals surface area (Å²) in [7, 11) is 0. The highest BCUT2D eigenvalue weighted by molar-refractivity contribution is 5.79. The van der Waals surface area contributed by atoms with Gasteiger partial charge >= 0.3 is 0 Å². The quantitative estimate of drug-likeness (QED) is 0.582. The van der Waals surface area contributed by atoms with Gasteiger partial charge in [-0.2, -0.15) is 0 Å². The standard InChI is InChI=1S/C18H34O5/c1-7-8-9-15(19)10-21-17-14(6)23-16(11-20-12(2)3)18(17)22-13(4)5/h12-14,16-18H,7-11H2,1-6H3/t14-,16?,17-,18+/m0/s1. The number of carbonyl (C=O) groups is 1. The molecule has 0 saturated carbocycles. The number of unbranched alkanes of at least 4 members (excludes halogenated alkanes) is 1. The zero-order chi connectivity index (χ0) is 17.4. The van der Waals surface area contributed by atoms with Crippen molar-refractivity contribution in [3.05, 3.63) is 0 Å². The maximum atomic E-state index is 11.9. The number of ether oxygens (including phenoxy) is 4. The second-order valence-corrected chi connectivity index (χ2v) is 6.83. The highest BCUT2D eigenvalue weighted by Crippen LogP contribution is 2.28. The Labute approximate surface area is 141 Å². The average molecular weight is 330 g/mol. The predicted octanol–water partition coefficient (Wildman–Crippen LogP) is 3.14. The summed E-state index contributed by atoms with van der Waals surface area (Å²) >= 11 is 0. The highest BCUT2D eigenvalue weighted by atomic mass is 16.6. The van der Waals surface area contributed by atoms with E-state index in [0.29, 0.717) is 13.0 Å². The van der Waals surface area contributed by atoms with Gasteiger partial charge < -0.3 is 18.9 Å². The second kappa shape index (κ2) is 10.4. The number of Topliss-reactive ketones (excluding diaryl/α,β-unsaturated/α-hetero) is 1. The van der Waals surface area contributed by atoms with Gasteiger partial charge in [0, 0.05) is 6.42 Å². The monoisotopic (exact) mass is 330 g/mol. The molecule has 1 fully saturated rings. The van der Waals surface area contributed by atoms with Crippen LogP contribution in [0.4, 0.5) is 0 Å². The number of rotatable bonds is 11. The van der Waals surface area contributed by atoms with E-state index in [0.717, 1.165) is 12.8 Å². The number of carbonyl (C=O) groups excluding carboxylic acids is 1. The molecule has 0 bridgehead atoms. The summed E-state index contributed by atoms with van der Waals surface area (Å²) in [5, 5.41) is 0. The summed E-state index contributed by atoms with van der Waals surface area (Å²) in [6, 6.07) is 0. The molecule has 0 spiro atoms. The van der Waals surface area contributed by atoms with Crippen molar-refractivity contribution in [3.8, 4) is 0 Å². The maximum Gasteiger partial charge on any atom is 0.158 e. The first-order valence-electron chi connectivity index (χ1n) is 8.90. The van der Waals surface area contributed by atoms with Gasteiger partial charge in [0.1, 0.15) is 24.9 Å². The van der Waals surface area contributed by atoms with Crippen molar-refractivity contribution in [1.82, 2.24) is 0 Å². The van der Waals surface area contributed by atoms with E-state index in [4.69, 9.17) is 18.9 Å². The van der Waals surface area contributed by atoms with E-state index in [9.17, 15) is 4.79 Å². The molecule has 0 radical (unpaired) electrons. The molecule has 0 aromatic rings. The molecule has 1 rings (SSSR count). The minimum Gasteiger partial charge on any atom is -0.376 e.